The van der Waals surface area contributed by atoms with Crippen LogP contribution in [0, 0.1) is 0 Å². The van der Waals surface area contributed by atoms with Crippen molar-refractivity contribution in [1.29, 1.82) is 0 Å². The summed E-state index contributed by atoms with van der Waals surface area (Å²) in [6.45, 7) is 4.00. The standard InChI is InChI=1S/C45H80O5/c1-3-5-7-9-11-13-15-17-19-20-21-22-23-24-26-28-30-32-34-36-38-40-45(48)50-43(41-46)42-49-44(47)39-37-35-33-31-29-27-25-18-16-14-12-10-8-6-4-2/h6,8,12,14,18,25,29,31,43,46H,3-5,7,9-11,13,15-17,19-24,26-28,30,32-42H2,1-2H3. The quantitative estimate of drug-likeness (QED) is 0.0394. The molecule has 0 heterocycles. The van der Waals surface area contributed by atoms with Gasteiger partial charge in [-0.3, -0.25) is 9.59 Å². The number of carbonyl (C=O) groups is 2. The van der Waals surface area contributed by atoms with Gasteiger partial charge in [0.2, 0.25) is 0 Å². The van der Waals surface area contributed by atoms with Crippen molar-refractivity contribution in [3.63, 3.8) is 0 Å². The minimum absolute atomic E-state index is 0.0861. The normalized spacial score (nSPS) is 12.6. The first kappa shape index (κ1) is 47.9. The third-order valence-electron chi connectivity index (χ3n) is 9.14. The van der Waals surface area contributed by atoms with E-state index in [1.165, 1.54) is 116 Å². The van der Waals surface area contributed by atoms with Gasteiger partial charge in [0, 0.05) is 12.8 Å². The molecule has 1 unspecified atom stereocenters. The second-order valence-corrected chi connectivity index (χ2v) is 14.0. The van der Waals surface area contributed by atoms with Crippen molar-refractivity contribution in [2.75, 3.05) is 13.2 Å². The van der Waals surface area contributed by atoms with Gasteiger partial charge in [0.25, 0.3) is 0 Å². The van der Waals surface area contributed by atoms with Gasteiger partial charge >= 0.3 is 11.9 Å². The van der Waals surface area contributed by atoms with E-state index < -0.39 is 6.10 Å². The van der Waals surface area contributed by atoms with Gasteiger partial charge in [0.05, 0.1) is 6.61 Å². The van der Waals surface area contributed by atoms with Crippen LogP contribution in [0.1, 0.15) is 206 Å². The summed E-state index contributed by atoms with van der Waals surface area (Å²) >= 11 is 0. The lowest BCUT2D eigenvalue weighted by molar-refractivity contribution is -0.161. The predicted molar refractivity (Wildman–Crippen MR) is 214 cm³/mol. The van der Waals surface area contributed by atoms with Crippen LogP contribution in [0.5, 0.6) is 0 Å². The monoisotopic (exact) mass is 701 g/mol. The molecule has 0 saturated carbocycles. The first-order valence-electron chi connectivity index (χ1n) is 21.2. The first-order chi connectivity index (χ1) is 24.6. The van der Waals surface area contributed by atoms with Gasteiger partial charge in [-0.25, -0.2) is 0 Å². The van der Waals surface area contributed by atoms with Gasteiger partial charge in [-0.05, 0) is 51.4 Å². The maximum Gasteiger partial charge on any atom is 0.306 e. The number of aliphatic hydroxyl groups excluding tert-OH is 1. The minimum atomic E-state index is -0.786. The zero-order chi connectivity index (χ0) is 36.4. The molecule has 0 rings (SSSR count). The van der Waals surface area contributed by atoms with Crippen LogP contribution in [-0.2, 0) is 19.1 Å². The lowest BCUT2D eigenvalue weighted by Gasteiger charge is -2.15. The number of allylic oxidation sites excluding steroid dienone is 8. The summed E-state index contributed by atoms with van der Waals surface area (Å²) in [7, 11) is 0. The molecule has 0 bridgehead atoms. The zero-order valence-electron chi connectivity index (χ0n) is 32.9. The van der Waals surface area contributed by atoms with Gasteiger partial charge in [0.1, 0.15) is 6.61 Å². The first-order valence-corrected chi connectivity index (χ1v) is 21.2. The Hall–Kier alpha value is -2.14. The van der Waals surface area contributed by atoms with Gasteiger partial charge in [0.15, 0.2) is 6.10 Å². The molecule has 1 N–H and O–H groups in total. The second kappa shape index (κ2) is 41.3. The van der Waals surface area contributed by atoms with Crippen LogP contribution in [0.25, 0.3) is 0 Å². The predicted octanol–water partition coefficient (Wildman–Crippen LogP) is 13.4. The van der Waals surface area contributed by atoms with Crippen molar-refractivity contribution in [2.24, 2.45) is 0 Å². The highest BCUT2D eigenvalue weighted by molar-refractivity contribution is 5.70. The lowest BCUT2D eigenvalue weighted by atomic mass is 10.0. The molecule has 0 aliphatic carbocycles. The fourth-order valence-corrected chi connectivity index (χ4v) is 5.96. The molecule has 0 fully saturated rings. The molecule has 5 nitrogen and oxygen atoms in total. The second-order valence-electron chi connectivity index (χ2n) is 14.0. The van der Waals surface area contributed by atoms with Gasteiger partial charge in [-0.15, -0.1) is 0 Å². The fourth-order valence-electron chi connectivity index (χ4n) is 5.96. The maximum absolute atomic E-state index is 12.2. The van der Waals surface area contributed by atoms with Crippen LogP contribution in [0.15, 0.2) is 48.6 Å². The summed E-state index contributed by atoms with van der Waals surface area (Å²) in [6.07, 6.45) is 51.9. The van der Waals surface area contributed by atoms with Gasteiger partial charge in [-0.1, -0.05) is 191 Å². The van der Waals surface area contributed by atoms with Crippen molar-refractivity contribution in [2.45, 2.75) is 213 Å². The van der Waals surface area contributed by atoms with Crippen molar-refractivity contribution in [3.05, 3.63) is 48.6 Å². The third-order valence-corrected chi connectivity index (χ3v) is 9.14. The van der Waals surface area contributed by atoms with E-state index in [0.29, 0.717) is 12.8 Å². The third kappa shape index (κ3) is 38.7. The Morgan fingerprint density at radius 1 is 0.480 bits per heavy atom. The van der Waals surface area contributed by atoms with Crippen LogP contribution in [-0.4, -0.2) is 36.4 Å². The SMILES string of the molecule is CCC=CCC=CCC=CCC=CCCCCC(=O)OCC(CO)OC(=O)CCCCCCCCCCCCCCCCCCCCCCC. The molecule has 290 valence electrons. The van der Waals surface area contributed by atoms with E-state index in [2.05, 4.69) is 62.5 Å². The molecule has 5 heteroatoms. The lowest BCUT2D eigenvalue weighted by Crippen LogP contribution is -2.28. The van der Waals surface area contributed by atoms with Crippen LogP contribution < -0.4 is 0 Å². The highest BCUT2D eigenvalue weighted by Gasteiger charge is 2.16. The number of ether oxygens (including phenoxy) is 2. The number of carbonyl (C=O) groups excluding carboxylic acids is 2. The molecule has 0 aliphatic heterocycles. The molecule has 0 spiro atoms. The summed E-state index contributed by atoms with van der Waals surface area (Å²) in [6, 6.07) is 0. The molecular formula is C45H80O5. The number of aliphatic hydroxyl groups is 1. The Kier molecular flexibility index (Phi) is 39.5. The Bertz CT molecular complexity index is 842. The van der Waals surface area contributed by atoms with Crippen molar-refractivity contribution >= 4 is 11.9 Å². The van der Waals surface area contributed by atoms with Crippen molar-refractivity contribution in [3.8, 4) is 0 Å². The van der Waals surface area contributed by atoms with Crippen LogP contribution in [0.3, 0.4) is 0 Å². The summed E-state index contributed by atoms with van der Waals surface area (Å²) in [4.78, 5) is 24.3. The molecule has 0 aromatic rings. The molecule has 0 aromatic heterocycles. The molecular weight excluding hydrogens is 620 g/mol. The molecule has 0 saturated heterocycles. The molecule has 0 amide bonds. The Labute approximate surface area is 309 Å². The number of rotatable bonds is 38. The van der Waals surface area contributed by atoms with Crippen LogP contribution in [0.4, 0.5) is 0 Å². The van der Waals surface area contributed by atoms with Crippen LogP contribution in [0.2, 0.25) is 0 Å². The Balaban J connectivity index is 3.55. The molecule has 0 aromatic carbocycles. The summed E-state index contributed by atoms with van der Waals surface area (Å²) in [5, 5.41) is 9.56. The summed E-state index contributed by atoms with van der Waals surface area (Å²) in [5.41, 5.74) is 0. The number of unbranched alkanes of at least 4 members (excludes halogenated alkanes) is 22. The highest BCUT2D eigenvalue weighted by Crippen LogP contribution is 2.15. The molecule has 0 radical (unpaired) electrons. The van der Waals surface area contributed by atoms with Crippen LogP contribution >= 0.6 is 0 Å². The average Bonchev–Trinajstić information content (AvgIpc) is 3.12. The number of esters is 2. The highest BCUT2D eigenvalue weighted by atomic mass is 16.6. The average molecular weight is 701 g/mol. The zero-order valence-corrected chi connectivity index (χ0v) is 32.9. The smallest absolute Gasteiger partial charge is 0.306 e. The van der Waals surface area contributed by atoms with Crippen molar-refractivity contribution in [1.82, 2.24) is 0 Å². The molecule has 50 heavy (non-hydrogen) atoms. The van der Waals surface area contributed by atoms with Gasteiger partial charge < -0.3 is 14.6 Å². The number of hydrogen-bond acceptors (Lipinski definition) is 5. The summed E-state index contributed by atoms with van der Waals surface area (Å²) in [5.74, 6) is -0.634. The maximum atomic E-state index is 12.2. The Morgan fingerprint density at radius 2 is 0.860 bits per heavy atom. The van der Waals surface area contributed by atoms with E-state index in [0.717, 1.165) is 64.2 Å². The van der Waals surface area contributed by atoms with E-state index in [-0.39, 0.29) is 25.2 Å². The van der Waals surface area contributed by atoms with Crippen molar-refractivity contribution < 1.29 is 24.2 Å². The Morgan fingerprint density at radius 3 is 1.30 bits per heavy atom. The van der Waals surface area contributed by atoms with E-state index in [1.54, 1.807) is 0 Å². The van der Waals surface area contributed by atoms with E-state index in [4.69, 9.17) is 9.47 Å². The van der Waals surface area contributed by atoms with E-state index >= 15 is 0 Å². The topological polar surface area (TPSA) is 72.8 Å². The largest absolute Gasteiger partial charge is 0.462 e. The molecule has 1 atom stereocenters. The number of hydrogen-bond donors (Lipinski definition) is 1. The molecule has 0 aliphatic rings. The van der Waals surface area contributed by atoms with E-state index in [9.17, 15) is 14.7 Å². The van der Waals surface area contributed by atoms with E-state index in [1.807, 2.05) is 0 Å². The fraction of sp³-hybridized carbons (Fsp3) is 0.778. The van der Waals surface area contributed by atoms with Gasteiger partial charge in [-0.2, -0.15) is 0 Å². The minimum Gasteiger partial charge on any atom is -0.462 e. The summed E-state index contributed by atoms with van der Waals surface area (Å²) < 4.78 is 10.6.